The average Bonchev–Trinajstić information content (AvgIpc) is 2.92. The molecule has 0 spiro atoms. The van der Waals surface area contributed by atoms with Crippen molar-refractivity contribution in [3.63, 3.8) is 0 Å². The summed E-state index contributed by atoms with van der Waals surface area (Å²) in [7, 11) is 0. The Kier molecular flexibility index (Phi) is 5.58. The minimum Gasteiger partial charge on any atom is -0.480 e. The van der Waals surface area contributed by atoms with E-state index in [1.807, 2.05) is 0 Å². The standard InChI is InChI=1S/C15H19NO3S2/c1-10-3-4-12(7-11(10)2)21-6-5-14(17)16-9-20-8-13(16)15(18)19/h3-4,7,13H,5-6,8-9H2,1-2H3,(H,18,19)/t13-/m0/s1. The van der Waals surface area contributed by atoms with Crippen molar-refractivity contribution in [1.82, 2.24) is 4.90 Å². The molecule has 1 aliphatic heterocycles. The number of carboxylic acids is 1. The van der Waals surface area contributed by atoms with Crippen LogP contribution in [0.25, 0.3) is 0 Å². The molecule has 1 aromatic rings. The van der Waals surface area contributed by atoms with Gasteiger partial charge in [0.25, 0.3) is 0 Å². The molecule has 0 radical (unpaired) electrons. The lowest BCUT2D eigenvalue weighted by molar-refractivity contribution is -0.147. The molecule has 1 N–H and O–H groups in total. The lowest BCUT2D eigenvalue weighted by atomic mass is 10.1. The van der Waals surface area contributed by atoms with Crippen molar-refractivity contribution in [3.8, 4) is 0 Å². The molecule has 0 unspecified atom stereocenters. The van der Waals surface area contributed by atoms with Crippen molar-refractivity contribution >= 4 is 35.4 Å². The number of aryl methyl sites for hydroxylation is 2. The molecule has 0 saturated carbocycles. The Bertz CT molecular complexity index is 548. The van der Waals surface area contributed by atoms with Gasteiger partial charge in [-0.1, -0.05) is 6.07 Å². The van der Waals surface area contributed by atoms with E-state index in [1.165, 1.54) is 27.8 Å². The first-order valence-electron chi connectivity index (χ1n) is 6.79. The summed E-state index contributed by atoms with van der Waals surface area (Å²) in [5.74, 6) is 0.684. The molecule has 0 aliphatic carbocycles. The monoisotopic (exact) mass is 325 g/mol. The van der Waals surface area contributed by atoms with Crippen LogP contribution in [0.3, 0.4) is 0 Å². The summed E-state index contributed by atoms with van der Waals surface area (Å²) in [6, 6.07) is 5.60. The number of aliphatic carboxylic acids is 1. The minimum absolute atomic E-state index is 0.0660. The van der Waals surface area contributed by atoms with Gasteiger partial charge in [-0.2, -0.15) is 0 Å². The molecule has 1 atom stereocenters. The zero-order valence-corrected chi connectivity index (χ0v) is 13.8. The van der Waals surface area contributed by atoms with Gasteiger partial charge >= 0.3 is 5.97 Å². The second kappa shape index (κ2) is 7.22. The van der Waals surface area contributed by atoms with Crippen LogP contribution in [-0.2, 0) is 9.59 Å². The highest BCUT2D eigenvalue weighted by molar-refractivity contribution is 7.99. The first kappa shape index (κ1) is 16.2. The number of rotatable bonds is 5. The molecule has 0 bridgehead atoms. The number of benzene rings is 1. The van der Waals surface area contributed by atoms with Crippen molar-refractivity contribution in [3.05, 3.63) is 29.3 Å². The Labute approximate surface area is 133 Å². The summed E-state index contributed by atoms with van der Waals surface area (Å²) in [6.45, 7) is 4.15. The van der Waals surface area contributed by atoms with E-state index < -0.39 is 12.0 Å². The van der Waals surface area contributed by atoms with E-state index in [-0.39, 0.29) is 5.91 Å². The van der Waals surface area contributed by atoms with Gasteiger partial charge in [0.15, 0.2) is 0 Å². The number of carbonyl (C=O) groups excluding carboxylic acids is 1. The Balaban J connectivity index is 1.84. The molecule has 2 rings (SSSR count). The number of nitrogens with zero attached hydrogens (tertiary/aromatic N) is 1. The van der Waals surface area contributed by atoms with Crippen LogP contribution in [-0.4, -0.2) is 45.3 Å². The number of carbonyl (C=O) groups is 2. The molecular formula is C15H19NO3S2. The third-order valence-electron chi connectivity index (χ3n) is 3.55. The van der Waals surface area contributed by atoms with E-state index >= 15 is 0 Å². The fraction of sp³-hybridized carbons (Fsp3) is 0.467. The second-order valence-electron chi connectivity index (χ2n) is 5.06. The van der Waals surface area contributed by atoms with Crippen LogP contribution in [0.15, 0.2) is 23.1 Å². The summed E-state index contributed by atoms with van der Waals surface area (Å²) in [5, 5.41) is 9.08. The third kappa shape index (κ3) is 4.17. The van der Waals surface area contributed by atoms with Gasteiger partial charge in [-0.15, -0.1) is 23.5 Å². The van der Waals surface area contributed by atoms with Crippen LogP contribution >= 0.6 is 23.5 Å². The lowest BCUT2D eigenvalue weighted by Gasteiger charge is -2.20. The van der Waals surface area contributed by atoms with Crippen LogP contribution in [0, 0.1) is 13.8 Å². The SMILES string of the molecule is Cc1ccc(SCCC(=O)N2CSC[C@H]2C(=O)O)cc1C. The van der Waals surface area contributed by atoms with Crippen LogP contribution in [0.5, 0.6) is 0 Å². The van der Waals surface area contributed by atoms with Gasteiger partial charge in [0, 0.05) is 22.8 Å². The Morgan fingerprint density at radius 2 is 2.14 bits per heavy atom. The van der Waals surface area contributed by atoms with E-state index in [9.17, 15) is 9.59 Å². The first-order chi connectivity index (χ1) is 9.99. The van der Waals surface area contributed by atoms with E-state index in [0.29, 0.717) is 23.8 Å². The molecule has 1 aliphatic rings. The van der Waals surface area contributed by atoms with Crippen molar-refractivity contribution in [2.45, 2.75) is 31.2 Å². The maximum atomic E-state index is 12.1. The zero-order chi connectivity index (χ0) is 15.4. The molecule has 6 heteroatoms. The van der Waals surface area contributed by atoms with Crippen molar-refractivity contribution in [1.29, 1.82) is 0 Å². The highest BCUT2D eigenvalue weighted by Gasteiger charge is 2.33. The smallest absolute Gasteiger partial charge is 0.327 e. The van der Waals surface area contributed by atoms with Crippen LogP contribution in [0.2, 0.25) is 0 Å². The van der Waals surface area contributed by atoms with Gasteiger partial charge in [0.1, 0.15) is 6.04 Å². The molecular weight excluding hydrogens is 306 g/mol. The van der Waals surface area contributed by atoms with Gasteiger partial charge < -0.3 is 10.0 Å². The third-order valence-corrected chi connectivity index (χ3v) is 5.56. The molecule has 4 nitrogen and oxygen atoms in total. The van der Waals surface area contributed by atoms with Gasteiger partial charge in [-0.3, -0.25) is 4.79 Å². The summed E-state index contributed by atoms with van der Waals surface area (Å²) >= 11 is 3.14. The molecule has 1 fully saturated rings. The fourth-order valence-corrected chi connectivity index (χ4v) is 4.21. The summed E-state index contributed by atoms with van der Waals surface area (Å²) in [5.41, 5.74) is 2.50. The lowest BCUT2D eigenvalue weighted by Crippen LogP contribution is -2.41. The maximum Gasteiger partial charge on any atom is 0.327 e. The first-order valence-corrected chi connectivity index (χ1v) is 8.93. The number of carboxylic acid groups (broad SMARTS) is 1. The zero-order valence-electron chi connectivity index (χ0n) is 12.2. The number of amides is 1. The fourth-order valence-electron chi connectivity index (χ4n) is 2.10. The van der Waals surface area contributed by atoms with Gasteiger partial charge in [0.05, 0.1) is 5.88 Å². The highest BCUT2D eigenvalue weighted by atomic mass is 32.2. The normalized spacial score (nSPS) is 18.0. The quantitative estimate of drug-likeness (QED) is 0.844. The van der Waals surface area contributed by atoms with Crippen LogP contribution < -0.4 is 0 Å². The van der Waals surface area contributed by atoms with Crippen molar-refractivity contribution in [2.75, 3.05) is 17.4 Å². The molecule has 114 valence electrons. The van der Waals surface area contributed by atoms with E-state index in [0.717, 1.165) is 4.90 Å². The molecule has 21 heavy (non-hydrogen) atoms. The maximum absolute atomic E-state index is 12.1. The number of hydrogen-bond donors (Lipinski definition) is 1. The molecule has 1 aromatic carbocycles. The predicted molar refractivity (Wildman–Crippen MR) is 86.9 cm³/mol. The molecule has 1 heterocycles. The topological polar surface area (TPSA) is 57.6 Å². The number of hydrogen-bond acceptors (Lipinski definition) is 4. The predicted octanol–water partition coefficient (Wildman–Crippen LogP) is 2.77. The van der Waals surface area contributed by atoms with Crippen molar-refractivity contribution in [2.24, 2.45) is 0 Å². The largest absolute Gasteiger partial charge is 0.480 e. The highest BCUT2D eigenvalue weighted by Crippen LogP contribution is 2.25. The average molecular weight is 325 g/mol. The minimum atomic E-state index is -0.907. The Morgan fingerprint density at radius 1 is 1.38 bits per heavy atom. The van der Waals surface area contributed by atoms with Crippen LogP contribution in [0.1, 0.15) is 17.5 Å². The summed E-state index contributed by atoms with van der Waals surface area (Å²) in [6.07, 6.45) is 0.377. The van der Waals surface area contributed by atoms with Crippen LogP contribution in [0.4, 0.5) is 0 Å². The molecule has 0 aromatic heterocycles. The van der Waals surface area contributed by atoms with Gasteiger partial charge in [0.2, 0.25) is 5.91 Å². The van der Waals surface area contributed by atoms with Gasteiger partial charge in [-0.05, 0) is 37.1 Å². The number of thioether (sulfide) groups is 2. The summed E-state index contributed by atoms with van der Waals surface area (Å²) in [4.78, 5) is 25.8. The van der Waals surface area contributed by atoms with E-state index in [2.05, 4.69) is 32.0 Å². The Hall–Kier alpha value is -1.14. The molecule has 1 saturated heterocycles. The second-order valence-corrected chi connectivity index (χ2v) is 7.23. The Morgan fingerprint density at radius 3 is 2.81 bits per heavy atom. The van der Waals surface area contributed by atoms with Crippen molar-refractivity contribution < 1.29 is 14.7 Å². The van der Waals surface area contributed by atoms with E-state index in [1.54, 1.807) is 11.8 Å². The van der Waals surface area contributed by atoms with E-state index in [4.69, 9.17) is 5.11 Å². The molecule has 1 amide bonds. The van der Waals surface area contributed by atoms with Gasteiger partial charge in [-0.25, -0.2) is 4.79 Å². The summed E-state index contributed by atoms with van der Waals surface area (Å²) < 4.78 is 0.